The predicted octanol–water partition coefficient (Wildman–Crippen LogP) is 7.13. The van der Waals surface area contributed by atoms with Crippen LogP contribution in [0.2, 0.25) is 0 Å². The van der Waals surface area contributed by atoms with Crippen molar-refractivity contribution in [2.24, 2.45) is 0 Å². The minimum atomic E-state index is -1.02. The normalized spacial score (nSPS) is 15.9. The molecule has 7 rings (SSSR count). The fourth-order valence-electron chi connectivity index (χ4n) is 5.47. The van der Waals surface area contributed by atoms with Gasteiger partial charge in [0.25, 0.3) is 5.78 Å². The third kappa shape index (κ3) is 5.88. The molecular weight excluding hydrogens is 638 g/mol. The van der Waals surface area contributed by atoms with Crippen LogP contribution in [0.25, 0.3) is 11.4 Å². The summed E-state index contributed by atoms with van der Waals surface area (Å²) in [6.07, 6.45) is 1.73. The van der Waals surface area contributed by atoms with Crippen LogP contribution < -0.4 is 9.64 Å². The van der Waals surface area contributed by atoms with Crippen LogP contribution in [0.5, 0.6) is 5.75 Å². The number of benzene rings is 3. The van der Waals surface area contributed by atoms with E-state index in [1.54, 1.807) is 72.1 Å². The molecule has 0 aliphatic carbocycles. The summed E-state index contributed by atoms with van der Waals surface area (Å²) >= 11 is 2.38. The Balaban J connectivity index is 1.27. The number of pyridine rings is 1. The number of fused-ring (bicyclic) bond motifs is 1. The number of ketones is 1. The van der Waals surface area contributed by atoms with Crippen molar-refractivity contribution < 1.29 is 23.8 Å². The van der Waals surface area contributed by atoms with Crippen molar-refractivity contribution in [2.45, 2.75) is 29.7 Å². The smallest absolute Gasteiger partial charge is 0.301 e. The molecule has 0 radical (unpaired) electrons. The molecule has 9 nitrogen and oxygen atoms in total. The lowest BCUT2D eigenvalue weighted by Gasteiger charge is -2.22. The van der Waals surface area contributed by atoms with Gasteiger partial charge in [-0.05, 0) is 53.9 Å². The summed E-state index contributed by atoms with van der Waals surface area (Å²) in [5, 5.41) is 20.5. The highest BCUT2D eigenvalue weighted by Gasteiger charge is 2.49. The number of rotatable bonds is 9. The van der Waals surface area contributed by atoms with Crippen molar-refractivity contribution in [2.75, 3.05) is 4.90 Å². The molecule has 1 aliphatic rings. The van der Waals surface area contributed by atoms with E-state index in [-0.39, 0.29) is 22.3 Å². The molecule has 1 amide bonds. The number of hydrogen-bond donors (Lipinski definition) is 1. The molecule has 12 heteroatoms. The number of hydrogen-bond acceptors (Lipinski definition) is 9. The molecule has 1 saturated heterocycles. The van der Waals surface area contributed by atoms with Gasteiger partial charge in [-0.3, -0.25) is 18.9 Å². The third-order valence-corrected chi connectivity index (χ3v) is 9.83. The number of imidazole rings is 1. The van der Waals surface area contributed by atoms with Gasteiger partial charge in [0, 0.05) is 11.9 Å². The van der Waals surface area contributed by atoms with Crippen LogP contribution in [-0.2, 0) is 21.9 Å². The van der Waals surface area contributed by atoms with Crippen molar-refractivity contribution in [3.63, 3.8) is 0 Å². The summed E-state index contributed by atoms with van der Waals surface area (Å²) < 4.78 is 22.4. The fourth-order valence-corrected chi connectivity index (χ4v) is 7.33. The number of carbonyl (C=O) groups is 2. The van der Waals surface area contributed by atoms with Crippen LogP contribution in [0.3, 0.4) is 0 Å². The molecule has 1 aliphatic heterocycles. The van der Waals surface area contributed by atoms with E-state index in [1.165, 1.54) is 22.7 Å². The van der Waals surface area contributed by atoms with Crippen molar-refractivity contribution in [3.05, 3.63) is 143 Å². The zero-order valence-corrected chi connectivity index (χ0v) is 26.5. The number of ether oxygens (including phenoxy) is 1. The van der Waals surface area contributed by atoms with E-state index in [1.807, 2.05) is 36.4 Å². The van der Waals surface area contributed by atoms with Gasteiger partial charge in [0.05, 0.1) is 17.3 Å². The Morgan fingerprint density at radius 3 is 2.49 bits per heavy atom. The van der Waals surface area contributed by atoms with E-state index in [9.17, 15) is 19.1 Å². The van der Waals surface area contributed by atoms with Crippen LogP contribution >= 0.6 is 23.1 Å². The van der Waals surface area contributed by atoms with Crippen LogP contribution in [0.1, 0.15) is 34.1 Å². The van der Waals surface area contributed by atoms with Gasteiger partial charge >= 0.3 is 5.91 Å². The summed E-state index contributed by atoms with van der Waals surface area (Å²) in [5.74, 6) is -1.49. The summed E-state index contributed by atoms with van der Waals surface area (Å²) in [4.78, 5) is 33.3. The number of amides is 1. The Hall–Kier alpha value is -5.33. The first-order valence-electron chi connectivity index (χ1n) is 14.6. The SMILES string of the molecule is Cc1nc2ccccn2c1/C(O)=C1\C(=O)C(=O)N(c2nnc(SCc3ccccc3F)s2)C1c1ccc(OCc2ccccc2)cc1. The third-order valence-electron chi connectivity index (χ3n) is 7.73. The van der Waals surface area contributed by atoms with Crippen molar-refractivity contribution >= 4 is 51.3 Å². The van der Waals surface area contributed by atoms with Gasteiger partial charge in [-0.2, -0.15) is 0 Å². The van der Waals surface area contributed by atoms with E-state index in [0.29, 0.717) is 50.6 Å². The monoisotopic (exact) mass is 663 g/mol. The van der Waals surface area contributed by atoms with E-state index in [4.69, 9.17) is 4.74 Å². The standard InChI is InChI=1S/C35H26FN5O4S2/c1-21-29(40-18-8-7-13-27(40)37-21)31(42)28-30(23-14-16-25(17-15-23)45-19-22-9-3-2-4-10-22)41(33(44)32(28)43)34-38-39-35(47-34)46-20-24-11-5-6-12-26(24)36/h2-18,30,42H,19-20H2,1H3/b31-28+. The minimum Gasteiger partial charge on any atom is -0.505 e. The maximum atomic E-state index is 14.2. The lowest BCUT2D eigenvalue weighted by atomic mass is 9.96. The van der Waals surface area contributed by atoms with Crippen molar-refractivity contribution in [1.82, 2.24) is 19.6 Å². The van der Waals surface area contributed by atoms with Gasteiger partial charge in [-0.1, -0.05) is 89.8 Å². The first-order chi connectivity index (χ1) is 22.9. The molecule has 6 aromatic rings. The first kappa shape index (κ1) is 30.3. The van der Waals surface area contributed by atoms with Crippen LogP contribution in [0.4, 0.5) is 9.52 Å². The van der Waals surface area contributed by atoms with E-state index >= 15 is 0 Å². The van der Waals surface area contributed by atoms with Crippen molar-refractivity contribution in [3.8, 4) is 5.75 Å². The van der Waals surface area contributed by atoms with E-state index in [0.717, 1.165) is 16.9 Å². The van der Waals surface area contributed by atoms with Gasteiger partial charge in [0.15, 0.2) is 10.1 Å². The number of aliphatic hydroxyl groups is 1. The highest BCUT2D eigenvalue weighted by Crippen LogP contribution is 2.44. The first-order valence-corrected chi connectivity index (χ1v) is 16.4. The maximum absolute atomic E-state index is 14.2. The second-order valence-corrected chi connectivity index (χ2v) is 12.9. The largest absolute Gasteiger partial charge is 0.505 e. The van der Waals surface area contributed by atoms with Gasteiger partial charge in [0.2, 0.25) is 5.13 Å². The summed E-state index contributed by atoms with van der Waals surface area (Å²) in [7, 11) is 0. The molecule has 3 aromatic carbocycles. The predicted molar refractivity (Wildman–Crippen MR) is 178 cm³/mol. The molecule has 0 spiro atoms. The zero-order chi connectivity index (χ0) is 32.5. The molecule has 4 heterocycles. The number of thioether (sulfide) groups is 1. The number of Topliss-reactive ketones (excluding diaryl/α,β-unsaturated/α-hetero) is 1. The quantitative estimate of drug-likeness (QED) is 0.0572. The Kier molecular flexibility index (Phi) is 8.27. The zero-order valence-electron chi connectivity index (χ0n) is 24.9. The van der Waals surface area contributed by atoms with Gasteiger partial charge < -0.3 is 9.84 Å². The summed E-state index contributed by atoms with van der Waals surface area (Å²) in [6.45, 7) is 2.10. The van der Waals surface area contributed by atoms with Crippen LogP contribution in [0, 0.1) is 12.7 Å². The highest BCUT2D eigenvalue weighted by molar-refractivity contribution is 8.00. The van der Waals surface area contributed by atoms with Gasteiger partial charge in [0.1, 0.15) is 29.5 Å². The van der Waals surface area contributed by atoms with E-state index < -0.39 is 17.7 Å². The summed E-state index contributed by atoms with van der Waals surface area (Å²) in [5.41, 5.74) is 3.35. The second-order valence-electron chi connectivity index (χ2n) is 10.7. The molecule has 1 atom stereocenters. The molecule has 3 aromatic heterocycles. The number of nitrogens with zero attached hydrogens (tertiary/aromatic N) is 5. The number of aliphatic hydroxyl groups excluding tert-OH is 1. The Bertz CT molecular complexity index is 2150. The summed E-state index contributed by atoms with van der Waals surface area (Å²) in [6, 6.07) is 27.6. The topological polar surface area (TPSA) is 110 Å². The molecule has 1 N–H and O–H groups in total. The van der Waals surface area contributed by atoms with Gasteiger partial charge in [-0.25, -0.2) is 9.37 Å². The van der Waals surface area contributed by atoms with Crippen molar-refractivity contribution in [1.29, 1.82) is 0 Å². The lowest BCUT2D eigenvalue weighted by molar-refractivity contribution is -0.132. The molecule has 1 unspecified atom stereocenters. The maximum Gasteiger partial charge on any atom is 0.301 e. The van der Waals surface area contributed by atoms with Crippen LogP contribution in [-0.4, -0.2) is 36.4 Å². The number of aromatic nitrogens is 4. The number of halogens is 1. The van der Waals surface area contributed by atoms with Gasteiger partial charge in [-0.15, -0.1) is 10.2 Å². The molecule has 0 saturated carbocycles. The Labute approximate surface area is 277 Å². The molecule has 47 heavy (non-hydrogen) atoms. The van der Waals surface area contributed by atoms with E-state index in [2.05, 4.69) is 15.2 Å². The molecule has 0 bridgehead atoms. The highest BCUT2D eigenvalue weighted by atomic mass is 32.2. The average molecular weight is 664 g/mol. The Morgan fingerprint density at radius 2 is 1.70 bits per heavy atom. The molecular formula is C35H26FN5O4S2. The lowest BCUT2D eigenvalue weighted by Crippen LogP contribution is -2.29. The Morgan fingerprint density at radius 1 is 0.957 bits per heavy atom. The number of aryl methyl sites for hydroxylation is 1. The number of anilines is 1. The number of carbonyl (C=O) groups excluding carboxylic acids is 2. The second kappa shape index (κ2) is 12.8. The fraction of sp³-hybridized carbons (Fsp3) is 0.114. The molecule has 1 fully saturated rings. The molecule has 234 valence electrons. The minimum absolute atomic E-state index is 0.0996. The van der Waals surface area contributed by atoms with Crippen LogP contribution in [0.15, 0.2) is 113 Å². The average Bonchev–Trinajstić information content (AvgIpc) is 3.77.